The van der Waals surface area contributed by atoms with Crippen molar-refractivity contribution in [2.75, 3.05) is 19.7 Å². The molecule has 0 amide bonds. The third-order valence-electron chi connectivity index (χ3n) is 2.94. The number of hydrogen-bond acceptors (Lipinski definition) is 2. The maximum absolute atomic E-state index is 6.02. The van der Waals surface area contributed by atoms with E-state index in [1.165, 1.54) is 5.56 Å². The van der Waals surface area contributed by atoms with Gasteiger partial charge in [-0.3, -0.25) is 0 Å². The summed E-state index contributed by atoms with van der Waals surface area (Å²) in [4.78, 5) is 0. The van der Waals surface area contributed by atoms with Crippen molar-refractivity contribution in [3.05, 3.63) is 35.9 Å². The molecule has 0 heterocycles. The molecular weight excluding hydrogens is 222 g/mol. The summed E-state index contributed by atoms with van der Waals surface area (Å²) in [5, 5.41) is 3.45. The highest BCUT2D eigenvalue weighted by Crippen LogP contribution is 2.17. The fourth-order valence-corrected chi connectivity index (χ4v) is 1.80. The largest absolute Gasteiger partial charge is 0.372 e. The van der Waals surface area contributed by atoms with Crippen LogP contribution in [0.5, 0.6) is 0 Å². The average Bonchev–Trinajstić information content (AvgIpc) is 2.38. The molecule has 0 spiro atoms. The van der Waals surface area contributed by atoms with Crippen LogP contribution in [0.4, 0.5) is 0 Å². The standard InChI is InChI=1S/C16H27NO/c1-4-11-17-13-16(18-12-10-14(2)3)15-8-6-5-7-9-15/h5-9,14,16-17H,4,10-13H2,1-3H3. The minimum atomic E-state index is 0.177. The molecule has 2 heteroatoms. The van der Waals surface area contributed by atoms with Crippen LogP contribution in [0, 0.1) is 5.92 Å². The zero-order valence-electron chi connectivity index (χ0n) is 12.0. The number of rotatable bonds is 9. The van der Waals surface area contributed by atoms with Crippen molar-refractivity contribution >= 4 is 0 Å². The van der Waals surface area contributed by atoms with Crippen molar-refractivity contribution < 1.29 is 4.74 Å². The third-order valence-corrected chi connectivity index (χ3v) is 2.94. The van der Waals surface area contributed by atoms with E-state index >= 15 is 0 Å². The number of hydrogen-bond donors (Lipinski definition) is 1. The Morgan fingerprint density at radius 1 is 1.17 bits per heavy atom. The van der Waals surface area contributed by atoms with Gasteiger partial charge in [0.1, 0.15) is 0 Å². The van der Waals surface area contributed by atoms with Gasteiger partial charge in [0.15, 0.2) is 0 Å². The van der Waals surface area contributed by atoms with E-state index in [0.29, 0.717) is 5.92 Å². The van der Waals surface area contributed by atoms with Crippen LogP contribution >= 0.6 is 0 Å². The van der Waals surface area contributed by atoms with Crippen molar-refractivity contribution in [3.8, 4) is 0 Å². The molecule has 1 aromatic carbocycles. The third kappa shape index (κ3) is 6.18. The molecule has 0 aliphatic carbocycles. The Bertz CT molecular complexity index is 297. The summed E-state index contributed by atoms with van der Waals surface area (Å²) in [7, 11) is 0. The van der Waals surface area contributed by atoms with Crippen LogP contribution in [0.1, 0.15) is 45.3 Å². The van der Waals surface area contributed by atoms with Crippen molar-refractivity contribution in [2.24, 2.45) is 5.92 Å². The minimum Gasteiger partial charge on any atom is -0.372 e. The first kappa shape index (κ1) is 15.2. The molecule has 0 aliphatic rings. The first-order chi connectivity index (χ1) is 8.74. The van der Waals surface area contributed by atoms with E-state index in [1.54, 1.807) is 0 Å². The number of ether oxygens (including phenoxy) is 1. The van der Waals surface area contributed by atoms with E-state index in [0.717, 1.165) is 32.5 Å². The van der Waals surface area contributed by atoms with E-state index in [-0.39, 0.29) is 6.10 Å². The van der Waals surface area contributed by atoms with Crippen molar-refractivity contribution in [1.29, 1.82) is 0 Å². The zero-order valence-corrected chi connectivity index (χ0v) is 12.0. The molecule has 1 N–H and O–H groups in total. The molecule has 0 saturated heterocycles. The molecule has 0 fully saturated rings. The maximum atomic E-state index is 6.02. The Morgan fingerprint density at radius 3 is 2.50 bits per heavy atom. The lowest BCUT2D eigenvalue weighted by Crippen LogP contribution is -2.24. The molecule has 18 heavy (non-hydrogen) atoms. The van der Waals surface area contributed by atoms with Gasteiger partial charge in [0.2, 0.25) is 0 Å². The van der Waals surface area contributed by atoms with Gasteiger partial charge in [-0.25, -0.2) is 0 Å². The van der Waals surface area contributed by atoms with Crippen LogP contribution in [0.3, 0.4) is 0 Å². The second kappa shape index (κ2) is 9.12. The van der Waals surface area contributed by atoms with E-state index in [1.807, 2.05) is 6.07 Å². The molecule has 0 aliphatic heterocycles. The van der Waals surface area contributed by atoms with Gasteiger partial charge in [0.25, 0.3) is 0 Å². The van der Waals surface area contributed by atoms with Crippen LogP contribution in [0.2, 0.25) is 0 Å². The Kier molecular flexibility index (Phi) is 7.70. The quantitative estimate of drug-likeness (QED) is 0.672. The Balaban J connectivity index is 2.47. The molecule has 1 rings (SSSR count). The molecule has 0 aromatic heterocycles. The van der Waals surface area contributed by atoms with Gasteiger partial charge in [-0.2, -0.15) is 0 Å². The first-order valence-corrected chi connectivity index (χ1v) is 7.11. The van der Waals surface area contributed by atoms with Gasteiger partial charge in [0, 0.05) is 13.2 Å². The van der Waals surface area contributed by atoms with E-state index in [2.05, 4.69) is 50.4 Å². The lowest BCUT2D eigenvalue weighted by atomic mass is 10.1. The van der Waals surface area contributed by atoms with E-state index in [4.69, 9.17) is 4.74 Å². The number of nitrogens with one attached hydrogen (secondary N) is 1. The summed E-state index contributed by atoms with van der Waals surface area (Å²) >= 11 is 0. The SMILES string of the molecule is CCCNCC(OCCC(C)C)c1ccccc1. The summed E-state index contributed by atoms with van der Waals surface area (Å²) in [6.45, 7) is 9.44. The smallest absolute Gasteiger partial charge is 0.0949 e. The Hall–Kier alpha value is -0.860. The fourth-order valence-electron chi connectivity index (χ4n) is 1.80. The van der Waals surface area contributed by atoms with E-state index in [9.17, 15) is 0 Å². The van der Waals surface area contributed by atoms with Gasteiger partial charge < -0.3 is 10.1 Å². The molecular formula is C16H27NO. The monoisotopic (exact) mass is 249 g/mol. The molecule has 1 unspecified atom stereocenters. The Labute approximate surface area is 112 Å². The van der Waals surface area contributed by atoms with Gasteiger partial charge in [-0.05, 0) is 30.9 Å². The molecule has 102 valence electrons. The van der Waals surface area contributed by atoms with Crippen LogP contribution in [0.15, 0.2) is 30.3 Å². The predicted molar refractivity (Wildman–Crippen MR) is 77.8 cm³/mol. The van der Waals surface area contributed by atoms with Gasteiger partial charge in [0.05, 0.1) is 6.10 Å². The first-order valence-electron chi connectivity index (χ1n) is 7.11. The zero-order chi connectivity index (χ0) is 13.2. The van der Waals surface area contributed by atoms with Crippen molar-refractivity contribution in [2.45, 2.75) is 39.7 Å². The van der Waals surface area contributed by atoms with E-state index < -0.39 is 0 Å². The molecule has 0 bridgehead atoms. The number of benzene rings is 1. The molecule has 0 saturated carbocycles. The molecule has 0 radical (unpaired) electrons. The highest BCUT2D eigenvalue weighted by Gasteiger charge is 2.11. The fraction of sp³-hybridized carbons (Fsp3) is 0.625. The van der Waals surface area contributed by atoms with Gasteiger partial charge in [-0.15, -0.1) is 0 Å². The lowest BCUT2D eigenvalue weighted by molar-refractivity contribution is 0.0459. The van der Waals surface area contributed by atoms with Gasteiger partial charge >= 0.3 is 0 Å². The topological polar surface area (TPSA) is 21.3 Å². The molecule has 1 aromatic rings. The summed E-state index contributed by atoms with van der Waals surface area (Å²) in [6.07, 6.45) is 2.46. The summed E-state index contributed by atoms with van der Waals surface area (Å²) < 4.78 is 6.02. The van der Waals surface area contributed by atoms with Crippen LogP contribution in [0.25, 0.3) is 0 Å². The molecule has 1 atom stereocenters. The van der Waals surface area contributed by atoms with Crippen LogP contribution < -0.4 is 5.32 Å². The lowest BCUT2D eigenvalue weighted by Gasteiger charge is -2.19. The van der Waals surface area contributed by atoms with Crippen LogP contribution in [-0.4, -0.2) is 19.7 Å². The summed E-state index contributed by atoms with van der Waals surface area (Å²) in [5.41, 5.74) is 1.27. The maximum Gasteiger partial charge on any atom is 0.0949 e. The summed E-state index contributed by atoms with van der Waals surface area (Å²) in [6, 6.07) is 10.5. The summed E-state index contributed by atoms with van der Waals surface area (Å²) in [5.74, 6) is 0.699. The van der Waals surface area contributed by atoms with Crippen LogP contribution in [-0.2, 0) is 4.74 Å². The molecule has 2 nitrogen and oxygen atoms in total. The second-order valence-corrected chi connectivity index (χ2v) is 5.16. The Morgan fingerprint density at radius 2 is 1.89 bits per heavy atom. The van der Waals surface area contributed by atoms with Crippen molar-refractivity contribution in [3.63, 3.8) is 0 Å². The highest BCUT2D eigenvalue weighted by molar-refractivity contribution is 5.17. The van der Waals surface area contributed by atoms with Gasteiger partial charge in [-0.1, -0.05) is 51.1 Å². The average molecular weight is 249 g/mol. The highest BCUT2D eigenvalue weighted by atomic mass is 16.5. The predicted octanol–water partition coefficient (Wildman–Crippen LogP) is 3.79. The second-order valence-electron chi connectivity index (χ2n) is 5.16. The van der Waals surface area contributed by atoms with Crippen molar-refractivity contribution in [1.82, 2.24) is 5.32 Å². The minimum absolute atomic E-state index is 0.177. The normalized spacial score (nSPS) is 12.9.